The third-order valence-electron chi connectivity index (χ3n) is 3.91. The van der Waals surface area contributed by atoms with Crippen molar-refractivity contribution in [3.63, 3.8) is 0 Å². The topological polar surface area (TPSA) is 60.2 Å². The minimum atomic E-state index is -0.690. The third kappa shape index (κ3) is 4.90. The van der Waals surface area contributed by atoms with Crippen molar-refractivity contribution in [2.24, 2.45) is 0 Å². The van der Waals surface area contributed by atoms with E-state index in [0.717, 1.165) is 29.4 Å². The van der Waals surface area contributed by atoms with Crippen LogP contribution >= 0.6 is 0 Å². The lowest BCUT2D eigenvalue weighted by Gasteiger charge is -2.18. The quantitative estimate of drug-likeness (QED) is 0.714. The fraction of sp³-hybridized carbons (Fsp3) is 0.300. The van der Waals surface area contributed by atoms with Gasteiger partial charge in [0.05, 0.1) is 11.3 Å². The number of hydrogen-bond donors (Lipinski definition) is 1. The summed E-state index contributed by atoms with van der Waals surface area (Å²) in [5.74, 6) is 1.68. The van der Waals surface area contributed by atoms with E-state index in [0.29, 0.717) is 13.0 Å². The summed E-state index contributed by atoms with van der Waals surface area (Å²) in [6.45, 7) is 4.80. The van der Waals surface area contributed by atoms with Crippen LogP contribution in [0.5, 0.6) is 5.75 Å². The Morgan fingerprint density at radius 3 is 2.52 bits per heavy atom. The van der Waals surface area contributed by atoms with Gasteiger partial charge in [-0.3, -0.25) is 4.98 Å². The number of rotatable bonds is 7. The van der Waals surface area contributed by atoms with Crippen molar-refractivity contribution in [3.8, 4) is 17.1 Å². The molecule has 1 aromatic carbocycles. The van der Waals surface area contributed by atoms with E-state index in [1.807, 2.05) is 62.5 Å². The molecule has 0 saturated carbocycles. The first-order valence-electron chi connectivity index (χ1n) is 8.38. The van der Waals surface area contributed by atoms with Crippen molar-refractivity contribution in [1.29, 1.82) is 0 Å². The zero-order chi connectivity index (χ0) is 17.7. The fourth-order valence-corrected chi connectivity index (χ4v) is 2.49. The molecule has 0 atom stereocenters. The largest absolute Gasteiger partial charge is 0.487 e. The Labute approximate surface area is 148 Å². The van der Waals surface area contributed by atoms with Gasteiger partial charge in [0, 0.05) is 30.7 Å². The van der Waals surface area contributed by atoms with Crippen molar-refractivity contribution in [2.75, 3.05) is 0 Å². The number of hydrogen-bond acceptors (Lipinski definition) is 4. The molecule has 5 nitrogen and oxygen atoms in total. The molecule has 0 fully saturated rings. The van der Waals surface area contributed by atoms with Gasteiger partial charge in [-0.2, -0.15) is 0 Å². The molecule has 3 aromatic rings. The lowest BCUT2D eigenvalue weighted by atomic mass is 10.1. The van der Waals surface area contributed by atoms with Crippen LogP contribution in [0, 0.1) is 0 Å². The van der Waals surface area contributed by atoms with Crippen LogP contribution in [0.15, 0.2) is 61.1 Å². The van der Waals surface area contributed by atoms with Crippen LogP contribution in [0.4, 0.5) is 0 Å². The monoisotopic (exact) mass is 337 g/mol. The number of pyridine rings is 1. The summed E-state index contributed by atoms with van der Waals surface area (Å²) in [6.07, 6.45) is 6.15. The van der Waals surface area contributed by atoms with Crippen LogP contribution in [0.2, 0.25) is 0 Å². The maximum absolute atomic E-state index is 9.91. The number of aromatic nitrogens is 3. The van der Waals surface area contributed by atoms with Crippen molar-refractivity contribution in [2.45, 2.75) is 39.0 Å². The summed E-state index contributed by atoms with van der Waals surface area (Å²) in [7, 11) is 0. The van der Waals surface area contributed by atoms with Gasteiger partial charge >= 0.3 is 0 Å². The first-order chi connectivity index (χ1) is 12.0. The van der Waals surface area contributed by atoms with Crippen LogP contribution in [-0.2, 0) is 13.2 Å². The number of aryl methyl sites for hydroxylation is 1. The maximum Gasteiger partial charge on any atom is 0.139 e. The molecule has 0 bridgehead atoms. The highest BCUT2D eigenvalue weighted by Gasteiger charge is 2.14. The van der Waals surface area contributed by atoms with E-state index in [1.54, 1.807) is 12.4 Å². The summed E-state index contributed by atoms with van der Waals surface area (Å²) >= 11 is 0. The van der Waals surface area contributed by atoms with E-state index in [1.165, 1.54) is 0 Å². The van der Waals surface area contributed by atoms with Crippen molar-refractivity contribution < 1.29 is 9.84 Å². The molecule has 0 spiro atoms. The molecule has 0 aliphatic heterocycles. The van der Waals surface area contributed by atoms with Gasteiger partial charge in [-0.05, 0) is 56.7 Å². The zero-order valence-corrected chi connectivity index (χ0v) is 14.6. The van der Waals surface area contributed by atoms with Crippen molar-refractivity contribution in [1.82, 2.24) is 14.5 Å². The molecule has 0 unspecified atom stereocenters. The van der Waals surface area contributed by atoms with E-state index in [-0.39, 0.29) is 0 Å². The van der Waals surface area contributed by atoms with Crippen molar-refractivity contribution in [3.05, 3.63) is 66.7 Å². The molecular weight excluding hydrogens is 314 g/mol. The predicted octanol–water partition coefficient (Wildman–Crippen LogP) is 3.69. The number of nitrogens with zero attached hydrogens (tertiary/aromatic N) is 3. The first kappa shape index (κ1) is 17.2. The summed E-state index contributed by atoms with van der Waals surface area (Å²) in [5.41, 5.74) is 1.23. The first-order valence-corrected chi connectivity index (χ1v) is 8.38. The van der Waals surface area contributed by atoms with Gasteiger partial charge in [0.25, 0.3) is 0 Å². The van der Waals surface area contributed by atoms with Crippen molar-refractivity contribution >= 4 is 0 Å². The number of benzene rings is 1. The van der Waals surface area contributed by atoms with E-state index in [2.05, 4.69) is 14.5 Å². The standard InChI is InChI=1S/C20H23N3O2/c1-20(2,24)10-13-23-14-12-22-19(23)16-6-8-18(9-7-16)25-15-17-5-3-4-11-21-17/h3-9,11-12,14,24H,10,13,15H2,1-2H3. The van der Waals surface area contributed by atoms with Gasteiger partial charge in [0.15, 0.2) is 0 Å². The highest BCUT2D eigenvalue weighted by Crippen LogP contribution is 2.22. The number of ether oxygens (including phenoxy) is 1. The molecule has 5 heteroatoms. The second-order valence-electron chi connectivity index (χ2n) is 6.64. The van der Waals surface area contributed by atoms with Crippen LogP contribution < -0.4 is 4.74 Å². The SMILES string of the molecule is CC(C)(O)CCn1ccnc1-c1ccc(OCc2ccccn2)cc1. The lowest BCUT2D eigenvalue weighted by molar-refractivity contribution is 0.0663. The summed E-state index contributed by atoms with van der Waals surface area (Å²) in [4.78, 5) is 8.69. The molecular formula is C20H23N3O2. The summed E-state index contributed by atoms with van der Waals surface area (Å²) < 4.78 is 7.82. The highest BCUT2D eigenvalue weighted by molar-refractivity contribution is 5.56. The Bertz CT molecular complexity index is 790. The maximum atomic E-state index is 9.91. The molecule has 0 amide bonds. The van der Waals surface area contributed by atoms with Crippen LogP contribution in [0.3, 0.4) is 0 Å². The lowest BCUT2D eigenvalue weighted by Crippen LogP contribution is -2.21. The molecule has 0 aliphatic rings. The minimum Gasteiger partial charge on any atom is -0.487 e. The van der Waals surface area contributed by atoms with Gasteiger partial charge in [-0.25, -0.2) is 4.98 Å². The van der Waals surface area contributed by atoms with Crippen LogP contribution in [0.1, 0.15) is 26.0 Å². The Hall–Kier alpha value is -2.66. The summed E-state index contributed by atoms with van der Waals surface area (Å²) in [5, 5.41) is 9.91. The Balaban J connectivity index is 1.65. The highest BCUT2D eigenvalue weighted by atomic mass is 16.5. The third-order valence-corrected chi connectivity index (χ3v) is 3.91. The van der Waals surface area contributed by atoms with Crippen LogP contribution in [-0.4, -0.2) is 25.2 Å². The average Bonchev–Trinajstić information content (AvgIpc) is 3.08. The molecule has 2 aromatic heterocycles. The summed E-state index contributed by atoms with van der Waals surface area (Å²) in [6, 6.07) is 13.6. The Morgan fingerprint density at radius 2 is 1.84 bits per heavy atom. The van der Waals surface area contributed by atoms with Gasteiger partial charge in [-0.1, -0.05) is 6.07 Å². The smallest absolute Gasteiger partial charge is 0.139 e. The molecule has 25 heavy (non-hydrogen) atoms. The molecule has 0 saturated heterocycles. The van der Waals surface area contributed by atoms with E-state index in [9.17, 15) is 5.11 Å². The van der Waals surface area contributed by atoms with Gasteiger partial charge in [-0.15, -0.1) is 0 Å². The van der Waals surface area contributed by atoms with E-state index in [4.69, 9.17) is 4.74 Å². The second kappa shape index (κ2) is 7.49. The average molecular weight is 337 g/mol. The zero-order valence-electron chi connectivity index (χ0n) is 14.6. The Kier molecular flexibility index (Phi) is 5.14. The van der Waals surface area contributed by atoms with Gasteiger partial charge < -0.3 is 14.4 Å². The molecule has 3 rings (SSSR count). The second-order valence-corrected chi connectivity index (χ2v) is 6.64. The molecule has 2 heterocycles. The van der Waals surface area contributed by atoms with E-state index < -0.39 is 5.60 Å². The van der Waals surface area contributed by atoms with E-state index >= 15 is 0 Å². The Morgan fingerprint density at radius 1 is 1.04 bits per heavy atom. The number of aliphatic hydroxyl groups is 1. The molecule has 1 N–H and O–H groups in total. The molecule has 0 radical (unpaired) electrons. The molecule has 0 aliphatic carbocycles. The minimum absolute atomic E-state index is 0.445. The molecule has 130 valence electrons. The normalized spacial score (nSPS) is 11.5. The predicted molar refractivity (Wildman–Crippen MR) is 97.1 cm³/mol. The van der Waals surface area contributed by atoms with Gasteiger partial charge in [0.1, 0.15) is 18.2 Å². The fourth-order valence-electron chi connectivity index (χ4n) is 2.49. The number of imidazole rings is 1. The van der Waals surface area contributed by atoms with Crippen LogP contribution in [0.25, 0.3) is 11.4 Å². The van der Waals surface area contributed by atoms with Gasteiger partial charge in [0.2, 0.25) is 0 Å².